The topological polar surface area (TPSA) is 93.9 Å². The van der Waals surface area contributed by atoms with Crippen molar-refractivity contribution in [3.8, 4) is 5.75 Å². The Morgan fingerprint density at radius 3 is 2.62 bits per heavy atom. The van der Waals surface area contributed by atoms with E-state index in [4.69, 9.17) is 0 Å². The summed E-state index contributed by atoms with van der Waals surface area (Å²) in [5.74, 6) is -1.52. The van der Waals surface area contributed by atoms with Crippen molar-refractivity contribution in [2.45, 2.75) is 31.7 Å². The van der Waals surface area contributed by atoms with Crippen LogP contribution in [-0.2, 0) is 9.59 Å². The van der Waals surface area contributed by atoms with E-state index in [1.54, 1.807) is 12.1 Å². The Morgan fingerprint density at radius 1 is 1.29 bits per heavy atom. The molecular weight excluding hydrogens is 272 g/mol. The molecule has 2 rings (SSSR count). The smallest absolute Gasteiger partial charge is 0.230 e. The molecule has 3 N–H and O–H groups in total. The number of phenols is 1. The highest BCUT2D eigenvalue weighted by Crippen LogP contribution is 2.15. The minimum absolute atomic E-state index is 0.0471. The zero-order valence-corrected chi connectivity index (χ0v) is 11.8. The van der Waals surface area contributed by atoms with Crippen LogP contribution in [0.15, 0.2) is 24.3 Å². The fraction of sp³-hybridized carbons (Fsp3) is 0.467. The molecule has 1 heterocycles. The van der Waals surface area contributed by atoms with E-state index in [0.717, 1.165) is 37.3 Å². The number of piperidine rings is 1. The Labute approximate surface area is 123 Å². The van der Waals surface area contributed by atoms with Gasteiger partial charge in [-0.15, -0.1) is 0 Å². The highest BCUT2D eigenvalue weighted by atomic mass is 16.4. The van der Waals surface area contributed by atoms with Crippen LogP contribution in [0.5, 0.6) is 5.75 Å². The lowest BCUT2D eigenvalue weighted by Crippen LogP contribution is -3.18. The minimum atomic E-state index is -1.18. The Hall–Kier alpha value is -2.08. The lowest BCUT2D eigenvalue weighted by atomic mass is 10.1. The summed E-state index contributed by atoms with van der Waals surface area (Å²) in [5, 5.41) is 23.2. The van der Waals surface area contributed by atoms with E-state index in [9.17, 15) is 19.8 Å². The van der Waals surface area contributed by atoms with Gasteiger partial charge in [0.25, 0.3) is 0 Å². The number of carboxylic acid groups (broad SMARTS) is 1. The number of hydrogen-bond donors (Lipinski definition) is 3. The quantitative estimate of drug-likeness (QED) is 0.643. The van der Waals surface area contributed by atoms with Gasteiger partial charge in [0.1, 0.15) is 11.8 Å². The highest BCUT2D eigenvalue weighted by molar-refractivity contribution is 5.93. The molecule has 21 heavy (non-hydrogen) atoms. The maximum absolute atomic E-state index is 12.0. The summed E-state index contributed by atoms with van der Waals surface area (Å²) in [5.41, 5.74) is 0.450. The number of carboxylic acids is 1. The predicted molar refractivity (Wildman–Crippen MR) is 74.7 cm³/mol. The van der Waals surface area contributed by atoms with Gasteiger partial charge in [-0.2, -0.15) is 0 Å². The van der Waals surface area contributed by atoms with Gasteiger partial charge in [0.2, 0.25) is 5.91 Å². The van der Waals surface area contributed by atoms with Gasteiger partial charge in [-0.1, -0.05) is 6.07 Å². The number of carbonyl (C=O) groups excluding carboxylic acids is 2. The molecule has 1 aromatic carbocycles. The second-order valence-corrected chi connectivity index (χ2v) is 5.39. The summed E-state index contributed by atoms with van der Waals surface area (Å²) >= 11 is 0. The molecule has 1 aromatic rings. The predicted octanol–water partition coefficient (Wildman–Crippen LogP) is -1.09. The Balaban J connectivity index is 1.96. The van der Waals surface area contributed by atoms with Gasteiger partial charge < -0.3 is 25.2 Å². The number of likely N-dealkylation sites (tertiary alicyclic amines) is 1. The second kappa shape index (κ2) is 7.08. The molecule has 0 spiro atoms. The molecule has 0 unspecified atom stereocenters. The van der Waals surface area contributed by atoms with Crippen LogP contribution in [0.1, 0.15) is 25.7 Å². The van der Waals surface area contributed by atoms with Crippen LogP contribution in [0.2, 0.25) is 0 Å². The minimum Gasteiger partial charge on any atom is -0.544 e. The molecule has 0 radical (unpaired) electrons. The standard InChI is InChI=1S/C15H20N2O4/c18-12-6-4-5-11(9-12)16-14(19)10-13(15(20)21)17-7-2-1-3-8-17/h4-6,9,13,18H,1-3,7-8,10H2,(H,16,19)(H,20,21)/t13-/m0/s1. The number of amides is 1. The number of hydrogen-bond acceptors (Lipinski definition) is 4. The molecule has 6 heteroatoms. The van der Waals surface area contributed by atoms with E-state index in [2.05, 4.69) is 5.32 Å². The molecule has 0 saturated carbocycles. The van der Waals surface area contributed by atoms with Crippen LogP contribution in [0.3, 0.4) is 0 Å². The maximum Gasteiger partial charge on any atom is 0.230 e. The summed E-state index contributed by atoms with van der Waals surface area (Å²) < 4.78 is 0. The van der Waals surface area contributed by atoms with Gasteiger partial charge in [0, 0.05) is 11.8 Å². The van der Waals surface area contributed by atoms with E-state index < -0.39 is 12.0 Å². The largest absolute Gasteiger partial charge is 0.544 e. The molecule has 0 bridgehead atoms. The van der Waals surface area contributed by atoms with Gasteiger partial charge in [0.05, 0.1) is 25.5 Å². The van der Waals surface area contributed by atoms with E-state index in [1.807, 2.05) is 0 Å². The molecule has 1 saturated heterocycles. The first-order valence-electron chi connectivity index (χ1n) is 7.20. The SMILES string of the molecule is O=C(C[C@@H](C(=O)[O-])[NH+]1CCCCC1)Nc1cccc(O)c1. The van der Waals surface area contributed by atoms with E-state index >= 15 is 0 Å². The Kier molecular flexibility index (Phi) is 5.16. The summed E-state index contributed by atoms with van der Waals surface area (Å²) in [6, 6.07) is 5.34. The molecular formula is C15H20N2O4. The summed E-state index contributed by atoms with van der Waals surface area (Å²) in [6.45, 7) is 1.52. The van der Waals surface area contributed by atoms with Gasteiger partial charge in [-0.25, -0.2) is 0 Å². The molecule has 1 fully saturated rings. The van der Waals surface area contributed by atoms with Gasteiger partial charge in [-0.3, -0.25) is 4.79 Å². The number of aliphatic carboxylic acids is 1. The molecule has 0 aromatic heterocycles. The summed E-state index contributed by atoms with van der Waals surface area (Å²) in [6.07, 6.45) is 2.95. The molecule has 1 aliphatic rings. The fourth-order valence-electron chi connectivity index (χ4n) is 2.73. The highest BCUT2D eigenvalue weighted by Gasteiger charge is 2.27. The second-order valence-electron chi connectivity index (χ2n) is 5.39. The number of quaternary nitrogens is 1. The van der Waals surface area contributed by atoms with Crippen LogP contribution in [0.25, 0.3) is 0 Å². The van der Waals surface area contributed by atoms with Crippen molar-refractivity contribution in [3.63, 3.8) is 0 Å². The van der Waals surface area contributed by atoms with E-state index in [0.29, 0.717) is 5.69 Å². The van der Waals surface area contributed by atoms with Crippen LogP contribution in [-0.4, -0.2) is 36.1 Å². The number of nitrogens with one attached hydrogen (secondary N) is 2. The number of benzene rings is 1. The lowest BCUT2D eigenvalue weighted by Gasteiger charge is -2.31. The van der Waals surface area contributed by atoms with Crippen LogP contribution in [0.4, 0.5) is 5.69 Å². The van der Waals surface area contributed by atoms with Crippen molar-refractivity contribution < 1.29 is 24.7 Å². The van der Waals surface area contributed by atoms with Crippen molar-refractivity contribution in [3.05, 3.63) is 24.3 Å². The molecule has 1 amide bonds. The number of phenolic OH excluding ortho intramolecular Hbond substituents is 1. The number of carbonyl (C=O) groups is 2. The summed E-state index contributed by atoms with van der Waals surface area (Å²) in [4.78, 5) is 24.2. The monoisotopic (exact) mass is 292 g/mol. The van der Waals surface area contributed by atoms with E-state index in [-0.39, 0.29) is 18.1 Å². The van der Waals surface area contributed by atoms with E-state index in [1.165, 1.54) is 12.1 Å². The average Bonchev–Trinajstić information content (AvgIpc) is 2.45. The molecule has 0 aliphatic carbocycles. The third kappa shape index (κ3) is 4.46. The van der Waals surface area contributed by atoms with Crippen LogP contribution in [0, 0.1) is 0 Å². The zero-order valence-electron chi connectivity index (χ0n) is 11.8. The Morgan fingerprint density at radius 2 is 2.00 bits per heavy atom. The average molecular weight is 292 g/mol. The summed E-state index contributed by atoms with van der Waals surface area (Å²) in [7, 11) is 0. The van der Waals surface area contributed by atoms with Crippen molar-refractivity contribution >= 4 is 17.6 Å². The van der Waals surface area contributed by atoms with Gasteiger partial charge in [0.15, 0.2) is 0 Å². The zero-order chi connectivity index (χ0) is 15.2. The van der Waals surface area contributed by atoms with Gasteiger partial charge >= 0.3 is 0 Å². The lowest BCUT2D eigenvalue weighted by molar-refractivity contribution is -0.922. The molecule has 6 nitrogen and oxygen atoms in total. The van der Waals surface area contributed by atoms with Gasteiger partial charge in [-0.05, 0) is 31.4 Å². The first-order valence-corrected chi connectivity index (χ1v) is 7.20. The number of anilines is 1. The maximum atomic E-state index is 12.0. The van der Waals surface area contributed by atoms with Crippen molar-refractivity contribution in [1.82, 2.24) is 0 Å². The van der Waals surface area contributed by atoms with Crippen molar-refractivity contribution in [1.29, 1.82) is 0 Å². The normalized spacial score (nSPS) is 17.1. The molecule has 114 valence electrons. The Bertz CT molecular complexity index is 512. The first-order chi connectivity index (χ1) is 10.1. The van der Waals surface area contributed by atoms with Crippen molar-refractivity contribution in [2.75, 3.05) is 18.4 Å². The van der Waals surface area contributed by atoms with Crippen molar-refractivity contribution in [2.24, 2.45) is 0 Å². The number of rotatable bonds is 5. The molecule has 1 aliphatic heterocycles. The fourth-order valence-corrected chi connectivity index (χ4v) is 2.73. The first kappa shape index (κ1) is 15.3. The number of aromatic hydroxyl groups is 1. The molecule has 1 atom stereocenters. The van der Waals surface area contributed by atoms with Crippen LogP contribution >= 0.6 is 0 Å². The van der Waals surface area contributed by atoms with Crippen LogP contribution < -0.4 is 15.3 Å². The third-order valence-electron chi connectivity index (χ3n) is 3.79. The third-order valence-corrected chi connectivity index (χ3v) is 3.79.